The van der Waals surface area contributed by atoms with Gasteiger partial charge >= 0.3 is 0 Å². The molecule has 0 saturated heterocycles. The van der Waals surface area contributed by atoms with Crippen molar-refractivity contribution in [3.8, 4) is 0 Å². The van der Waals surface area contributed by atoms with E-state index in [4.69, 9.17) is 0 Å². The first-order valence-corrected chi connectivity index (χ1v) is 6.78. The molecule has 0 saturated carbocycles. The summed E-state index contributed by atoms with van der Waals surface area (Å²) < 4.78 is 0. The van der Waals surface area contributed by atoms with Crippen LogP contribution < -0.4 is 5.32 Å². The monoisotopic (exact) mass is 259 g/mol. The Balaban J connectivity index is 1.97. The molecule has 0 atom stereocenters. The lowest BCUT2D eigenvalue weighted by molar-refractivity contribution is 0.157. The van der Waals surface area contributed by atoms with Crippen LogP contribution in [0.1, 0.15) is 33.3 Å². The molecule has 2 rings (SSSR count). The van der Waals surface area contributed by atoms with Gasteiger partial charge in [-0.25, -0.2) is 0 Å². The molecule has 0 bridgehead atoms. The minimum Gasteiger partial charge on any atom is -0.784 e. The number of hydrogen-bond acceptors (Lipinski definition) is 3. The summed E-state index contributed by atoms with van der Waals surface area (Å²) in [7, 11) is 0. The quantitative estimate of drug-likeness (QED) is 0.844. The Morgan fingerprint density at radius 1 is 1.05 bits per heavy atom. The van der Waals surface area contributed by atoms with Crippen LogP contribution in [-0.4, -0.2) is 22.7 Å². The number of rotatable bonds is 4. The van der Waals surface area contributed by atoms with E-state index >= 15 is 0 Å². The topological polar surface area (TPSA) is 38.3 Å². The fourth-order valence-electron chi connectivity index (χ4n) is 2.72. The van der Waals surface area contributed by atoms with Crippen LogP contribution in [0.3, 0.4) is 0 Å². The summed E-state index contributed by atoms with van der Waals surface area (Å²) in [5, 5.41) is 16.8. The molecule has 19 heavy (non-hydrogen) atoms. The van der Waals surface area contributed by atoms with E-state index in [1.54, 1.807) is 0 Å². The minimum absolute atomic E-state index is 0.409. The van der Waals surface area contributed by atoms with Crippen molar-refractivity contribution >= 4 is 0 Å². The Bertz CT molecular complexity index is 463. The van der Waals surface area contributed by atoms with Gasteiger partial charge in [0.05, 0.1) is 0 Å². The molecule has 0 radical (unpaired) electrons. The molecule has 1 aliphatic heterocycles. The van der Waals surface area contributed by atoms with Crippen molar-refractivity contribution in [2.24, 2.45) is 0 Å². The first kappa shape index (κ1) is 14.3. The van der Waals surface area contributed by atoms with Gasteiger partial charge in [0.25, 0.3) is 0 Å². The maximum Gasteiger partial charge on any atom is 0.0267 e. The second-order valence-corrected chi connectivity index (χ2v) is 6.27. The Hall–Kier alpha value is -1.16. The second-order valence-electron chi connectivity index (χ2n) is 6.27. The summed E-state index contributed by atoms with van der Waals surface area (Å²) in [6.45, 7) is 9.49. The fraction of sp³-hybridized carbons (Fsp3) is 0.500. The van der Waals surface area contributed by atoms with Gasteiger partial charge in [0, 0.05) is 24.2 Å². The van der Waals surface area contributed by atoms with Crippen molar-refractivity contribution in [3.63, 3.8) is 0 Å². The standard InChI is InChI=1S/C16H23N2O/c1-15(2)10-14(16(3,4)18(15)19)12-17-11-13-8-6-5-7-9-13/h5-10,17H,11-12H2,1-4H3/q-1. The summed E-state index contributed by atoms with van der Waals surface area (Å²) in [4.78, 5) is 0. The largest absolute Gasteiger partial charge is 0.784 e. The molecule has 0 amide bonds. The van der Waals surface area contributed by atoms with Crippen molar-refractivity contribution in [2.45, 2.75) is 45.3 Å². The van der Waals surface area contributed by atoms with Crippen LogP contribution in [0.25, 0.3) is 0 Å². The number of hydroxylamine groups is 2. The lowest BCUT2D eigenvalue weighted by Gasteiger charge is -2.47. The predicted octanol–water partition coefficient (Wildman–Crippen LogP) is 3.07. The molecule has 104 valence electrons. The van der Waals surface area contributed by atoms with Crippen molar-refractivity contribution in [2.75, 3.05) is 6.54 Å². The molecule has 1 N–H and O–H groups in total. The molecule has 3 heteroatoms. The van der Waals surface area contributed by atoms with E-state index in [1.807, 2.05) is 45.9 Å². The van der Waals surface area contributed by atoms with E-state index in [0.717, 1.165) is 13.1 Å². The zero-order valence-electron chi connectivity index (χ0n) is 12.2. The Kier molecular flexibility index (Phi) is 3.81. The molecule has 0 aliphatic carbocycles. The molecular weight excluding hydrogens is 236 g/mol. The van der Waals surface area contributed by atoms with Gasteiger partial charge in [-0.15, -0.1) is 0 Å². The molecular formula is C16H23N2O-. The first-order valence-electron chi connectivity index (χ1n) is 6.78. The van der Waals surface area contributed by atoms with Crippen molar-refractivity contribution < 1.29 is 0 Å². The molecule has 0 aromatic heterocycles. The van der Waals surface area contributed by atoms with Gasteiger partial charge in [-0.3, -0.25) is 0 Å². The lowest BCUT2D eigenvalue weighted by atomic mass is 9.96. The Morgan fingerprint density at radius 3 is 2.21 bits per heavy atom. The van der Waals surface area contributed by atoms with E-state index in [9.17, 15) is 5.21 Å². The summed E-state index contributed by atoms with van der Waals surface area (Å²) >= 11 is 0. The van der Waals surface area contributed by atoms with E-state index in [-0.39, 0.29) is 0 Å². The van der Waals surface area contributed by atoms with Gasteiger partial charge in [-0.1, -0.05) is 36.4 Å². The van der Waals surface area contributed by atoms with Crippen LogP contribution in [-0.2, 0) is 6.54 Å². The van der Waals surface area contributed by atoms with Crippen LogP contribution in [0.15, 0.2) is 42.0 Å². The smallest absolute Gasteiger partial charge is 0.0267 e. The predicted molar refractivity (Wildman–Crippen MR) is 79.6 cm³/mol. The molecule has 1 aromatic carbocycles. The zero-order chi connectivity index (χ0) is 14.1. The summed E-state index contributed by atoms with van der Waals surface area (Å²) in [5.41, 5.74) is 1.60. The lowest BCUT2D eigenvalue weighted by Crippen LogP contribution is -2.46. The molecule has 0 fully saturated rings. The second kappa shape index (κ2) is 5.08. The molecule has 3 nitrogen and oxygen atoms in total. The van der Waals surface area contributed by atoms with Crippen molar-refractivity contribution in [1.82, 2.24) is 10.4 Å². The molecule has 1 heterocycles. The third kappa shape index (κ3) is 2.89. The number of hydrogen-bond donors (Lipinski definition) is 1. The van der Waals surface area contributed by atoms with Crippen LogP contribution in [0, 0.1) is 5.21 Å². The highest BCUT2D eigenvalue weighted by molar-refractivity contribution is 5.32. The van der Waals surface area contributed by atoms with E-state index in [0.29, 0.717) is 0 Å². The highest BCUT2D eigenvalue weighted by atomic mass is 16.5. The summed E-state index contributed by atoms with van der Waals surface area (Å²) in [5.74, 6) is 0. The highest BCUT2D eigenvalue weighted by Gasteiger charge is 2.38. The van der Waals surface area contributed by atoms with Crippen molar-refractivity contribution in [1.29, 1.82) is 0 Å². The van der Waals surface area contributed by atoms with Gasteiger partial charge in [0.15, 0.2) is 0 Å². The Labute approximate surface area is 115 Å². The third-order valence-electron chi connectivity index (χ3n) is 3.83. The number of nitrogens with one attached hydrogen (secondary N) is 1. The molecule has 1 aromatic rings. The van der Waals surface area contributed by atoms with Crippen LogP contribution in [0.5, 0.6) is 0 Å². The molecule has 0 spiro atoms. The fourth-order valence-corrected chi connectivity index (χ4v) is 2.72. The van der Waals surface area contributed by atoms with Gasteiger partial charge in [-0.2, -0.15) is 0 Å². The normalized spacial score (nSPS) is 21.4. The highest BCUT2D eigenvalue weighted by Crippen LogP contribution is 2.38. The SMILES string of the molecule is CC1(C)C=C(CNCc2ccccc2)C(C)(C)N1[O-]. The average molecular weight is 259 g/mol. The van der Waals surface area contributed by atoms with Gasteiger partial charge in [0.1, 0.15) is 0 Å². The molecule has 1 aliphatic rings. The average Bonchev–Trinajstić information content (AvgIpc) is 2.51. The summed E-state index contributed by atoms with van der Waals surface area (Å²) in [6, 6.07) is 10.3. The van der Waals surface area contributed by atoms with Crippen LogP contribution in [0.2, 0.25) is 0 Å². The van der Waals surface area contributed by atoms with E-state index in [2.05, 4.69) is 23.5 Å². The van der Waals surface area contributed by atoms with Gasteiger partial charge in [0.2, 0.25) is 0 Å². The Morgan fingerprint density at radius 2 is 1.68 bits per heavy atom. The minimum atomic E-state index is -0.423. The van der Waals surface area contributed by atoms with Crippen molar-refractivity contribution in [3.05, 3.63) is 52.8 Å². The molecule has 0 unspecified atom stereocenters. The number of nitrogens with zero attached hydrogens (tertiary/aromatic N) is 1. The van der Waals surface area contributed by atoms with Gasteiger partial charge in [-0.05, 0) is 38.8 Å². The maximum atomic E-state index is 12.2. The summed E-state index contributed by atoms with van der Waals surface area (Å²) in [6.07, 6.45) is 2.10. The van der Waals surface area contributed by atoms with Crippen LogP contribution >= 0.6 is 0 Å². The van der Waals surface area contributed by atoms with Crippen LogP contribution in [0.4, 0.5) is 0 Å². The van der Waals surface area contributed by atoms with Gasteiger partial charge < -0.3 is 15.6 Å². The third-order valence-corrected chi connectivity index (χ3v) is 3.83. The maximum absolute atomic E-state index is 12.2. The first-order chi connectivity index (χ1) is 8.84. The van der Waals surface area contributed by atoms with E-state index in [1.165, 1.54) is 16.2 Å². The zero-order valence-corrected chi connectivity index (χ0v) is 12.2. The van der Waals surface area contributed by atoms with E-state index < -0.39 is 11.1 Å². The number of benzene rings is 1.